The molecule has 0 aliphatic heterocycles. The zero-order valence-corrected chi connectivity index (χ0v) is 33.1. The number of benzene rings is 7. The summed E-state index contributed by atoms with van der Waals surface area (Å²) in [6.45, 7) is 0. The Labute approximate surface area is 354 Å². The average molecular weight is 777 g/mol. The lowest BCUT2D eigenvalue weighted by atomic mass is 9.66. The van der Waals surface area contributed by atoms with E-state index in [0.717, 1.165) is 50.3 Å². The second kappa shape index (κ2) is 14.0. The Morgan fingerprint density at radius 1 is 0.279 bits per heavy atom. The molecule has 3 heterocycles. The van der Waals surface area contributed by atoms with Crippen LogP contribution in [-0.4, -0.2) is 19.9 Å². The van der Waals surface area contributed by atoms with Crippen LogP contribution in [0.5, 0.6) is 0 Å². The Kier molecular flexibility index (Phi) is 8.04. The number of rotatable bonds is 5. The Hall–Kier alpha value is -8.08. The van der Waals surface area contributed by atoms with Gasteiger partial charge in [0, 0.05) is 41.5 Å². The molecular formula is C57H36N4. The smallest absolute Gasteiger partial charge is 0.160 e. The number of pyridine rings is 2. The molecule has 0 fully saturated rings. The highest BCUT2D eigenvalue weighted by Gasteiger charge is 2.49. The van der Waals surface area contributed by atoms with E-state index in [9.17, 15) is 0 Å². The molecule has 4 heteroatoms. The molecule has 0 saturated carbocycles. The fourth-order valence-electron chi connectivity index (χ4n) is 9.80. The number of hydrogen-bond donors (Lipinski definition) is 0. The Morgan fingerprint density at radius 2 is 0.689 bits per heavy atom. The minimum absolute atomic E-state index is 0.537. The zero-order valence-electron chi connectivity index (χ0n) is 33.1. The summed E-state index contributed by atoms with van der Waals surface area (Å²) in [4.78, 5) is 19.3. The second-order valence-electron chi connectivity index (χ2n) is 15.8. The molecule has 0 atom stereocenters. The number of aromatic nitrogens is 4. The topological polar surface area (TPSA) is 51.6 Å². The molecule has 2 aliphatic rings. The highest BCUT2D eigenvalue weighted by Crippen LogP contribution is 2.61. The SMILES string of the molecule is c1cncc(-c2ccc(-c3cc(-c4ccc5c(c4)-c4ccccc4-c4ccccc4C54c5ccccc5-c5ccccc54)nc(-c4ccc(-c5cccnc5)cc4)n3)cc2)c1. The predicted octanol–water partition coefficient (Wildman–Crippen LogP) is 13.6. The molecule has 3 aromatic heterocycles. The molecule has 61 heavy (non-hydrogen) atoms. The molecule has 2 aliphatic carbocycles. The molecule has 1 spiro atoms. The highest BCUT2D eigenvalue weighted by molar-refractivity contribution is 5.98. The molecule has 0 amide bonds. The maximum Gasteiger partial charge on any atom is 0.160 e. The summed E-state index contributed by atoms with van der Waals surface area (Å²) in [5.41, 5.74) is 21.1. The lowest BCUT2D eigenvalue weighted by molar-refractivity contribution is 0.775. The largest absolute Gasteiger partial charge is 0.264 e. The van der Waals surface area contributed by atoms with Gasteiger partial charge in [0.05, 0.1) is 16.8 Å². The van der Waals surface area contributed by atoms with Gasteiger partial charge in [0.15, 0.2) is 5.82 Å². The van der Waals surface area contributed by atoms with E-state index in [2.05, 4.69) is 192 Å². The van der Waals surface area contributed by atoms with Crippen LogP contribution in [0.1, 0.15) is 22.3 Å². The van der Waals surface area contributed by atoms with Gasteiger partial charge in [0.1, 0.15) is 0 Å². The van der Waals surface area contributed by atoms with Crippen LogP contribution in [0.25, 0.3) is 89.5 Å². The quantitative estimate of drug-likeness (QED) is 0.175. The van der Waals surface area contributed by atoms with Gasteiger partial charge in [-0.15, -0.1) is 0 Å². The molecule has 4 nitrogen and oxygen atoms in total. The zero-order chi connectivity index (χ0) is 40.3. The lowest BCUT2D eigenvalue weighted by Gasteiger charge is -2.35. The van der Waals surface area contributed by atoms with Crippen LogP contribution < -0.4 is 0 Å². The van der Waals surface area contributed by atoms with Crippen LogP contribution in [-0.2, 0) is 5.41 Å². The summed E-state index contributed by atoms with van der Waals surface area (Å²) < 4.78 is 0. The van der Waals surface area contributed by atoms with Crippen molar-refractivity contribution in [1.29, 1.82) is 0 Å². The maximum absolute atomic E-state index is 5.36. The van der Waals surface area contributed by atoms with E-state index in [0.29, 0.717) is 5.82 Å². The summed E-state index contributed by atoms with van der Waals surface area (Å²) in [7, 11) is 0. The molecule has 12 rings (SSSR count). The van der Waals surface area contributed by atoms with Gasteiger partial charge in [-0.05, 0) is 102 Å². The number of nitrogens with zero attached hydrogens (tertiary/aromatic N) is 4. The number of hydrogen-bond acceptors (Lipinski definition) is 4. The van der Waals surface area contributed by atoms with E-state index in [1.807, 2.05) is 24.5 Å². The fourth-order valence-corrected chi connectivity index (χ4v) is 9.80. The van der Waals surface area contributed by atoms with Crippen molar-refractivity contribution in [3.05, 3.63) is 241 Å². The van der Waals surface area contributed by atoms with E-state index in [1.54, 1.807) is 12.4 Å². The van der Waals surface area contributed by atoms with Gasteiger partial charge in [0.2, 0.25) is 0 Å². The monoisotopic (exact) mass is 776 g/mol. The molecule has 10 aromatic rings. The van der Waals surface area contributed by atoms with Crippen molar-refractivity contribution in [2.24, 2.45) is 0 Å². The van der Waals surface area contributed by atoms with Crippen LogP contribution in [0, 0.1) is 0 Å². The summed E-state index contributed by atoms with van der Waals surface area (Å²) in [5.74, 6) is 0.666. The van der Waals surface area contributed by atoms with Crippen LogP contribution in [0.4, 0.5) is 0 Å². The third kappa shape index (κ3) is 5.53. The van der Waals surface area contributed by atoms with Crippen molar-refractivity contribution >= 4 is 0 Å². The summed E-state index contributed by atoms with van der Waals surface area (Å²) in [6.07, 6.45) is 7.39. The van der Waals surface area contributed by atoms with Crippen molar-refractivity contribution in [3.8, 4) is 89.5 Å². The minimum atomic E-state index is -0.537. The van der Waals surface area contributed by atoms with Crippen molar-refractivity contribution in [3.63, 3.8) is 0 Å². The van der Waals surface area contributed by atoms with Crippen molar-refractivity contribution in [2.75, 3.05) is 0 Å². The van der Waals surface area contributed by atoms with Gasteiger partial charge in [-0.1, -0.05) is 170 Å². The molecule has 7 aromatic carbocycles. The van der Waals surface area contributed by atoms with E-state index >= 15 is 0 Å². The minimum Gasteiger partial charge on any atom is -0.264 e. The van der Waals surface area contributed by atoms with E-state index in [-0.39, 0.29) is 0 Å². The first-order chi connectivity index (χ1) is 30.2. The highest BCUT2D eigenvalue weighted by atomic mass is 14.9. The third-order valence-corrected chi connectivity index (χ3v) is 12.5. The van der Waals surface area contributed by atoms with E-state index < -0.39 is 5.41 Å². The third-order valence-electron chi connectivity index (χ3n) is 12.5. The molecule has 0 saturated heterocycles. The first-order valence-electron chi connectivity index (χ1n) is 20.7. The molecule has 284 valence electrons. The van der Waals surface area contributed by atoms with Gasteiger partial charge in [-0.2, -0.15) is 0 Å². The van der Waals surface area contributed by atoms with Crippen molar-refractivity contribution in [2.45, 2.75) is 5.41 Å². The molecule has 0 unspecified atom stereocenters. The summed E-state index contributed by atoms with van der Waals surface area (Å²) >= 11 is 0. The van der Waals surface area contributed by atoms with Gasteiger partial charge in [0.25, 0.3) is 0 Å². The van der Waals surface area contributed by atoms with Gasteiger partial charge < -0.3 is 0 Å². The van der Waals surface area contributed by atoms with Crippen LogP contribution >= 0.6 is 0 Å². The predicted molar refractivity (Wildman–Crippen MR) is 247 cm³/mol. The molecule has 0 N–H and O–H groups in total. The van der Waals surface area contributed by atoms with Gasteiger partial charge in [-0.25, -0.2) is 9.97 Å². The van der Waals surface area contributed by atoms with E-state index in [1.165, 1.54) is 55.6 Å². The van der Waals surface area contributed by atoms with Crippen molar-refractivity contribution < 1.29 is 0 Å². The summed E-state index contributed by atoms with van der Waals surface area (Å²) in [6, 6.07) is 70.2. The number of fused-ring (bicyclic) bond motifs is 12. The standard InChI is InChI=1S/C57H36N4/c1-2-14-45-44(13-1)46-15-3-6-18-50(46)57(51-19-7-4-16-47(51)48-17-5-8-20-52(48)57)53-30-29-41(33-49(45)53)55-34-54(39-25-21-37(22-26-39)42-11-9-31-58-35-42)60-56(61-55)40-27-23-38(24-28-40)43-12-10-32-59-36-43/h1-36H. The lowest BCUT2D eigenvalue weighted by Crippen LogP contribution is -2.29. The Balaban J connectivity index is 1.08. The molecule has 0 radical (unpaired) electrons. The Morgan fingerprint density at radius 3 is 1.21 bits per heavy atom. The molecule has 0 bridgehead atoms. The normalized spacial score (nSPS) is 12.7. The van der Waals surface area contributed by atoms with Crippen LogP contribution in [0.15, 0.2) is 219 Å². The maximum atomic E-state index is 5.36. The Bertz CT molecular complexity index is 3140. The second-order valence-corrected chi connectivity index (χ2v) is 15.8. The van der Waals surface area contributed by atoms with Crippen molar-refractivity contribution in [1.82, 2.24) is 19.9 Å². The van der Waals surface area contributed by atoms with Crippen LogP contribution in [0.3, 0.4) is 0 Å². The average Bonchev–Trinajstić information content (AvgIpc) is 3.59. The van der Waals surface area contributed by atoms with Gasteiger partial charge >= 0.3 is 0 Å². The molecular weight excluding hydrogens is 741 g/mol. The summed E-state index contributed by atoms with van der Waals surface area (Å²) in [5, 5.41) is 0. The van der Waals surface area contributed by atoms with E-state index in [4.69, 9.17) is 9.97 Å². The van der Waals surface area contributed by atoms with Gasteiger partial charge in [-0.3, -0.25) is 9.97 Å². The first-order valence-corrected chi connectivity index (χ1v) is 20.7. The fraction of sp³-hybridized carbons (Fsp3) is 0.0175. The first kappa shape index (κ1) is 34.9. The van der Waals surface area contributed by atoms with Crippen LogP contribution in [0.2, 0.25) is 0 Å².